The van der Waals surface area contributed by atoms with E-state index in [4.69, 9.17) is 10.8 Å². The number of nitrogens with one attached hydrogen (secondary N) is 1. The summed E-state index contributed by atoms with van der Waals surface area (Å²) in [6, 6.07) is 6.87. The first-order valence-corrected chi connectivity index (χ1v) is 14.5. The van der Waals surface area contributed by atoms with E-state index in [2.05, 4.69) is 5.32 Å². The lowest BCUT2D eigenvalue weighted by molar-refractivity contribution is -0.181. The number of aromatic hydroxyl groups is 1. The lowest BCUT2D eigenvalue weighted by atomic mass is 9.52. The molecule has 2 unspecified atom stereocenters. The molecule has 6 atom stereocenters. The molecule has 3 aliphatic carbocycles. The highest BCUT2D eigenvalue weighted by Gasteiger charge is 2.69. The number of aliphatic hydroxyl groups is 1. The molecule has 13 heteroatoms. The monoisotopic (exact) mass is 620 g/mol. The molecule has 0 heterocycles. The third-order valence-corrected chi connectivity index (χ3v) is 9.44. The van der Waals surface area contributed by atoms with Gasteiger partial charge in [-0.05, 0) is 62.2 Å². The predicted octanol–water partition coefficient (Wildman–Crippen LogP) is -0.0790. The summed E-state index contributed by atoms with van der Waals surface area (Å²) in [7, 11) is 6.63. The minimum atomic E-state index is -2.79. The van der Waals surface area contributed by atoms with E-state index in [1.165, 1.54) is 31.1 Å². The number of nitrogens with two attached hydrogens (primary N) is 1. The quantitative estimate of drug-likeness (QED) is 0.246. The Balaban J connectivity index is 1.51. The number of primary amides is 1. The molecule has 3 aliphatic rings. The number of hydrogen-bond acceptors (Lipinski definition) is 11. The zero-order valence-corrected chi connectivity index (χ0v) is 25.4. The maximum atomic E-state index is 14.2. The first-order valence-electron chi connectivity index (χ1n) is 14.5. The van der Waals surface area contributed by atoms with Crippen molar-refractivity contribution in [1.82, 2.24) is 10.2 Å². The number of hydrogen-bond donors (Lipinski definition) is 5. The molecule has 0 radical (unpaired) electrons. The molecule has 13 nitrogen and oxygen atoms in total. The fourth-order valence-corrected chi connectivity index (χ4v) is 7.35. The van der Waals surface area contributed by atoms with Crippen LogP contribution in [0.15, 0.2) is 30.3 Å². The van der Waals surface area contributed by atoms with Gasteiger partial charge in [0.2, 0.25) is 5.91 Å². The number of benzene rings is 2. The number of rotatable bonds is 8. The van der Waals surface area contributed by atoms with Gasteiger partial charge < -0.3 is 31.3 Å². The number of carbonyl (C=O) groups is 6. The van der Waals surface area contributed by atoms with Crippen molar-refractivity contribution in [3.8, 4) is 5.75 Å². The maximum Gasteiger partial charge on any atom is 0.335 e. The number of phenols is 1. The van der Waals surface area contributed by atoms with Crippen LogP contribution in [-0.4, -0.2) is 95.1 Å². The molecule has 0 aromatic heterocycles. The number of Topliss-reactive ketones (excluding diaryl/α,β-unsaturated/α-hetero) is 4. The number of nitrogens with zero attached hydrogens (tertiary/aromatic N) is 2. The third kappa shape index (κ3) is 5.00. The van der Waals surface area contributed by atoms with Gasteiger partial charge in [0.15, 0.2) is 34.7 Å². The van der Waals surface area contributed by atoms with Crippen molar-refractivity contribution in [3.63, 3.8) is 0 Å². The van der Waals surface area contributed by atoms with E-state index in [0.717, 1.165) is 5.56 Å². The van der Waals surface area contributed by atoms with E-state index in [9.17, 15) is 39.0 Å². The standard InChI is InChI=1S/C32H36N4O9/c1-35(2)20-11-17(13-34-12-14-5-7-15(8-6-14)31(43)44)25(37)22-18(20)9-16-10-19-24(36(3)4)27(39)23(30(33)42)29(41)32(19,45)28(40)21(16)26(22)38/h5-8,11,16,19,21,23-24,34,37,45H,9-10,12-13H2,1-4H3,(H2,33,42)(H,43,44)/t16-,19-,21?,23?,24+,32-/m0/s1. The topological polar surface area (TPSA) is 208 Å². The molecule has 1 amide bonds. The molecular weight excluding hydrogens is 584 g/mol. The predicted molar refractivity (Wildman–Crippen MR) is 160 cm³/mol. The molecular formula is C32H36N4O9. The van der Waals surface area contributed by atoms with Crippen molar-refractivity contribution in [3.05, 3.63) is 58.1 Å². The Bertz CT molecular complexity index is 1630. The molecule has 2 saturated carbocycles. The number of carboxylic acid groups (broad SMARTS) is 1. The Kier molecular flexibility index (Phi) is 8.15. The van der Waals surface area contributed by atoms with Crippen LogP contribution in [0.25, 0.3) is 0 Å². The average molecular weight is 621 g/mol. The summed E-state index contributed by atoms with van der Waals surface area (Å²) in [5.74, 6) is -12.0. The molecule has 0 saturated heterocycles. The maximum absolute atomic E-state index is 14.2. The van der Waals surface area contributed by atoms with Crippen molar-refractivity contribution in [2.45, 2.75) is 37.6 Å². The van der Waals surface area contributed by atoms with Crippen LogP contribution in [0.3, 0.4) is 0 Å². The van der Waals surface area contributed by atoms with Crippen LogP contribution >= 0.6 is 0 Å². The number of ketones is 4. The first-order chi connectivity index (χ1) is 21.1. The molecule has 0 aliphatic heterocycles. The highest BCUT2D eigenvalue weighted by atomic mass is 16.4. The van der Waals surface area contributed by atoms with Gasteiger partial charge in [-0.3, -0.25) is 28.9 Å². The van der Waals surface area contributed by atoms with Crippen LogP contribution in [0.4, 0.5) is 5.69 Å². The molecule has 238 valence electrons. The molecule has 2 aromatic rings. The van der Waals surface area contributed by atoms with Crippen molar-refractivity contribution >= 4 is 40.7 Å². The van der Waals surface area contributed by atoms with Gasteiger partial charge in [-0.1, -0.05) is 12.1 Å². The summed E-state index contributed by atoms with van der Waals surface area (Å²) in [5, 5.41) is 35.5. The summed E-state index contributed by atoms with van der Waals surface area (Å²) in [6.07, 6.45) is 0.137. The van der Waals surface area contributed by atoms with Crippen LogP contribution in [0, 0.1) is 23.7 Å². The minimum absolute atomic E-state index is 0.0263. The number of fused-ring (bicyclic) bond motifs is 3. The Morgan fingerprint density at radius 1 is 1.02 bits per heavy atom. The van der Waals surface area contributed by atoms with Crippen molar-refractivity contribution < 1.29 is 44.1 Å². The normalized spacial score (nSPS) is 27.6. The number of phenolic OH excluding ortho intramolecular Hbond substituents is 1. The van der Waals surface area contributed by atoms with Crippen molar-refractivity contribution in [2.75, 3.05) is 33.1 Å². The highest BCUT2D eigenvalue weighted by molar-refractivity contribution is 6.32. The molecule has 45 heavy (non-hydrogen) atoms. The summed E-state index contributed by atoms with van der Waals surface area (Å²) < 4.78 is 0. The zero-order valence-electron chi connectivity index (χ0n) is 25.4. The Hall–Kier alpha value is -4.46. The molecule has 0 spiro atoms. The van der Waals surface area contributed by atoms with E-state index in [-0.39, 0.29) is 36.3 Å². The van der Waals surface area contributed by atoms with Gasteiger partial charge in [-0.25, -0.2) is 4.79 Å². The Labute approximate surface area is 259 Å². The number of aromatic carboxylic acids is 1. The second kappa shape index (κ2) is 11.5. The van der Waals surface area contributed by atoms with E-state index >= 15 is 0 Å². The van der Waals surface area contributed by atoms with E-state index < -0.39 is 70.3 Å². The number of likely N-dealkylation sites (N-methyl/N-ethyl adjacent to an activating group) is 1. The van der Waals surface area contributed by atoms with Crippen LogP contribution in [0.5, 0.6) is 5.75 Å². The number of carbonyl (C=O) groups excluding carboxylic acids is 5. The lowest BCUT2D eigenvalue weighted by Crippen LogP contribution is -2.74. The number of amides is 1. The third-order valence-electron chi connectivity index (χ3n) is 9.44. The summed E-state index contributed by atoms with van der Waals surface area (Å²) >= 11 is 0. The number of carboxylic acids is 1. The van der Waals surface area contributed by atoms with Gasteiger partial charge in [0.1, 0.15) is 5.75 Å². The lowest BCUT2D eigenvalue weighted by Gasteiger charge is -2.52. The van der Waals surface area contributed by atoms with Crippen LogP contribution < -0.4 is 16.0 Å². The number of anilines is 1. The van der Waals surface area contributed by atoms with Crippen molar-refractivity contribution in [1.29, 1.82) is 0 Å². The van der Waals surface area contributed by atoms with Crippen molar-refractivity contribution in [2.24, 2.45) is 29.4 Å². The first kappa shape index (κ1) is 31.9. The highest BCUT2D eigenvalue weighted by Crippen LogP contribution is 2.52. The second-order valence-electron chi connectivity index (χ2n) is 12.5. The fraction of sp³-hybridized carbons (Fsp3) is 0.438. The summed E-state index contributed by atoms with van der Waals surface area (Å²) in [4.78, 5) is 81.5. The molecule has 5 rings (SSSR count). The SMILES string of the molecule is CN(C)c1cc(CNCc2ccc(C(=O)O)cc2)c(O)c2c1C[C@H]1C[C@H]3[C@@H](N(C)C)C(=O)C(C(N)=O)C(=O)[C@@]3(O)C(=O)C1C2=O. The molecule has 2 aromatic carbocycles. The fourth-order valence-electron chi connectivity index (χ4n) is 7.35. The van der Waals surface area contributed by atoms with Gasteiger partial charge in [0, 0.05) is 44.4 Å². The van der Waals surface area contributed by atoms with Gasteiger partial charge in [-0.2, -0.15) is 0 Å². The zero-order chi connectivity index (χ0) is 33.1. The summed E-state index contributed by atoms with van der Waals surface area (Å²) in [5.41, 5.74) is 4.98. The van der Waals surface area contributed by atoms with Gasteiger partial charge >= 0.3 is 5.97 Å². The Morgan fingerprint density at radius 2 is 1.67 bits per heavy atom. The largest absolute Gasteiger partial charge is 0.507 e. The van der Waals surface area contributed by atoms with E-state index in [1.54, 1.807) is 37.2 Å². The van der Waals surface area contributed by atoms with Crippen LogP contribution in [0.1, 0.15) is 43.8 Å². The summed E-state index contributed by atoms with van der Waals surface area (Å²) in [6.45, 7) is 0.446. The van der Waals surface area contributed by atoms with E-state index in [0.29, 0.717) is 23.4 Å². The van der Waals surface area contributed by atoms with Crippen LogP contribution in [0.2, 0.25) is 0 Å². The molecule has 0 bridgehead atoms. The second-order valence-corrected chi connectivity index (χ2v) is 12.5. The minimum Gasteiger partial charge on any atom is -0.507 e. The van der Waals surface area contributed by atoms with Gasteiger partial charge in [0.25, 0.3) is 0 Å². The van der Waals surface area contributed by atoms with Gasteiger partial charge in [0.05, 0.1) is 23.1 Å². The Morgan fingerprint density at radius 3 is 2.22 bits per heavy atom. The van der Waals surface area contributed by atoms with E-state index in [1.807, 2.05) is 0 Å². The smallest absolute Gasteiger partial charge is 0.335 e. The van der Waals surface area contributed by atoms with Crippen LogP contribution in [-0.2, 0) is 38.7 Å². The molecule has 2 fully saturated rings. The molecule has 6 N–H and O–H groups in total. The average Bonchev–Trinajstić information content (AvgIpc) is 2.95. The van der Waals surface area contributed by atoms with Gasteiger partial charge in [-0.15, -0.1) is 0 Å².